The number of pyridine rings is 1. The van der Waals surface area contributed by atoms with E-state index in [4.69, 9.17) is 17.3 Å². The number of halogens is 1. The molecule has 0 fully saturated rings. The first kappa shape index (κ1) is 10.6. The first-order chi connectivity index (χ1) is 7.27. The van der Waals surface area contributed by atoms with E-state index in [9.17, 15) is 0 Å². The highest BCUT2D eigenvalue weighted by Gasteiger charge is 2.12. The number of nitrogens with zero attached hydrogens (tertiary/aromatic N) is 1. The van der Waals surface area contributed by atoms with Gasteiger partial charge in [0, 0.05) is 17.5 Å². The Hall–Kier alpha value is -0.900. The second-order valence-corrected chi connectivity index (χ2v) is 4.70. The van der Waals surface area contributed by atoms with Crippen molar-refractivity contribution in [3.63, 3.8) is 0 Å². The average Bonchev–Trinajstić information content (AvgIpc) is 2.71. The van der Waals surface area contributed by atoms with E-state index in [1.807, 2.05) is 23.6 Å². The molecule has 0 aliphatic carbocycles. The minimum Gasteiger partial charge on any atom is -0.322 e. The van der Waals surface area contributed by atoms with Crippen LogP contribution < -0.4 is 5.73 Å². The molecule has 15 heavy (non-hydrogen) atoms. The molecule has 0 spiro atoms. The number of hydrogen-bond donors (Lipinski definition) is 1. The van der Waals surface area contributed by atoms with Crippen LogP contribution in [0.2, 0.25) is 5.02 Å². The van der Waals surface area contributed by atoms with Gasteiger partial charge >= 0.3 is 0 Å². The molecule has 0 aromatic carbocycles. The Morgan fingerprint density at radius 3 is 2.93 bits per heavy atom. The van der Waals surface area contributed by atoms with E-state index in [0.29, 0.717) is 5.02 Å². The second kappa shape index (κ2) is 4.75. The quantitative estimate of drug-likeness (QED) is 0.893. The molecule has 2 nitrogen and oxygen atoms in total. The molecule has 4 heteroatoms. The average molecular weight is 239 g/mol. The largest absolute Gasteiger partial charge is 0.322 e. The maximum absolute atomic E-state index is 6.05. The van der Waals surface area contributed by atoms with Crippen LogP contribution in [0.5, 0.6) is 0 Å². The molecule has 0 bridgehead atoms. The Labute approximate surface area is 97.7 Å². The molecule has 2 aromatic rings. The third kappa shape index (κ3) is 2.56. The van der Waals surface area contributed by atoms with Gasteiger partial charge in [-0.05, 0) is 23.6 Å². The Morgan fingerprint density at radius 1 is 1.40 bits per heavy atom. The van der Waals surface area contributed by atoms with Gasteiger partial charge in [0.2, 0.25) is 0 Å². The Kier molecular flexibility index (Phi) is 3.36. The van der Waals surface area contributed by atoms with Crippen LogP contribution >= 0.6 is 22.9 Å². The van der Waals surface area contributed by atoms with E-state index in [0.717, 1.165) is 12.1 Å². The summed E-state index contributed by atoms with van der Waals surface area (Å²) in [6, 6.07) is 7.59. The Balaban J connectivity index is 2.15. The molecule has 78 valence electrons. The van der Waals surface area contributed by atoms with Crippen LogP contribution in [0, 0.1) is 0 Å². The fourth-order valence-corrected chi connectivity index (χ4v) is 2.44. The van der Waals surface area contributed by atoms with Gasteiger partial charge < -0.3 is 5.73 Å². The van der Waals surface area contributed by atoms with Crippen molar-refractivity contribution in [3.05, 3.63) is 51.4 Å². The van der Waals surface area contributed by atoms with E-state index in [2.05, 4.69) is 11.1 Å². The zero-order chi connectivity index (χ0) is 10.7. The lowest BCUT2D eigenvalue weighted by molar-refractivity contribution is 0.704. The van der Waals surface area contributed by atoms with Crippen molar-refractivity contribution in [1.82, 2.24) is 4.98 Å². The summed E-state index contributed by atoms with van der Waals surface area (Å²) in [5.41, 5.74) is 6.82. The summed E-state index contributed by atoms with van der Waals surface area (Å²) >= 11 is 7.72. The van der Waals surface area contributed by atoms with Crippen molar-refractivity contribution >= 4 is 22.9 Å². The summed E-state index contributed by atoms with van der Waals surface area (Å²) in [7, 11) is 0. The number of rotatable bonds is 3. The van der Waals surface area contributed by atoms with Gasteiger partial charge in [0.05, 0.1) is 16.8 Å². The summed E-state index contributed by atoms with van der Waals surface area (Å²) in [6.07, 6.45) is 2.50. The van der Waals surface area contributed by atoms with Gasteiger partial charge in [-0.1, -0.05) is 17.7 Å². The van der Waals surface area contributed by atoms with E-state index >= 15 is 0 Å². The van der Waals surface area contributed by atoms with Gasteiger partial charge in [-0.2, -0.15) is 0 Å². The fraction of sp³-hybridized carbons (Fsp3) is 0.182. The van der Waals surface area contributed by atoms with Gasteiger partial charge in [0.25, 0.3) is 0 Å². The van der Waals surface area contributed by atoms with E-state index in [-0.39, 0.29) is 6.04 Å². The molecule has 2 aromatic heterocycles. The van der Waals surface area contributed by atoms with Crippen molar-refractivity contribution < 1.29 is 0 Å². The van der Waals surface area contributed by atoms with E-state index < -0.39 is 0 Å². The summed E-state index contributed by atoms with van der Waals surface area (Å²) < 4.78 is 0. The summed E-state index contributed by atoms with van der Waals surface area (Å²) in [4.78, 5) is 5.46. The lowest BCUT2D eigenvalue weighted by atomic mass is 10.1. The van der Waals surface area contributed by atoms with Gasteiger partial charge in [-0.3, -0.25) is 4.98 Å². The molecular formula is C11H11ClN2S. The Bertz CT molecular complexity index is 428. The minimum atomic E-state index is -0.127. The molecule has 0 aliphatic rings. The summed E-state index contributed by atoms with van der Waals surface area (Å²) in [6.45, 7) is 0. The molecule has 0 saturated heterocycles. The van der Waals surface area contributed by atoms with Crippen LogP contribution in [0.3, 0.4) is 0 Å². The monoisotopic (exact) mass is 238 g/mol. The molecule has 0 amide bonds. The first-order valence-corrected chi connectivity index (χ1v) is 5.91. The first-order valence-electron chi connectivity index (χ1n) is 4.66. The maximum Gasteiger partial charge on any atom is 0.0760 e. The molecule has 2 N–H and O–H groups in total. The Morgan fingerprint density at radius 2 is 2.27 bits per heavy atom. The maximum atomic E-state index is 6.05. The highest BCUT2D eigenvalue weighted by molar-refractivity contribution is 7.09. The van der Waals surface area contributed by atoms with Gasteiger partial charge in [-0.15, -0.1) is 11.3 Å². The highest BCUT2D eigenvalue weighted by Crippen LogP contribution is 2.23. The van der Waals surface area contributed by atoms with Crippen molar-refractivity contribution in [3.8, 4) is 0 Å². The van der Waals surface area contributed by atoms with Crippen LogP contribution in [0.1, 0.15) is 16.6 Å². The molecule has 1 atom stereocenters. The fourth-order valence-electron chi connectivity index (χ4n) is 1.41. The smallest absolute Gasteiger partial charge is 0.0760 e. The zero-order valence-electron chi connectivity index (χ0n) is 8.06. The number of aromatic nitrogens is 1. The predicted molar refractivity (Wildman–Crippen MR) is 64.2 cm³/mol. The van der Waals surface area contributed by atoms with Crippen LogP contribution in [-0.2, 0) is 6.42 Å². The van der Waals surface area contributed by atoms with Gasteiger partial charge in [0.15, 0.2) is 0 Å². The van der Waals surface area contributed by atoms with Crippen LogP contribution in [0.25, 0.3) is 0 Å². The third-order valence-electron chi connectivity index (χ3n) is 2.14. The van der Waals surface area contributed by atoms with Crippen LogP contribution in [0.15, 0.2) is 35.8 Å². The van der Waals surface area contributed by atoms with Crippen molar-refractivity contribution in [2.75, 3.05) is 0 Å². The SMILES string of the molecule is NC(Cc1cccs1)c1ncccc1Cl. The predicted octanol–water partition coefficient (Wildman–Crippen LogP) is 3.04. The lowest BCUT2D eigenvalue weighted by Crippen LogP contribution is -2.14. The molecular weight excluding hydrogens is 228 g/mol. The zero-order valence-corrected chi connectivity index (χ0v) is 9.63. The second-order valence-electron chi connectivity index (χ2n) is 3.26. The molecule has 0 radical (unpaired) electrons. The van der Waals surface area contributed by atoms with E-state index in [1.165, 1.54) is 4.88 Å². The number of thiophene rings is 1. The number of nitrogens with two attached hydrogens (primary N) is 1. The molecule has 0 aliphatic heterocycles. The van der Waals surface area contributed by atoms with Gasteiger partial charge in [0.1, 0.15) is 0 Å². The normalized spacial score (nSPS) is 12.7. The molecule has 2 rings (SSSR count). The van der Waals surface area contributed by atoms with E-state index in [1.54, 1.807) is 17.5 Å². The standard InChI is InChI=1S/C11H11ClN2S/c12-9-4-1-5-14-11(9)10(13)7-8-3-2-6-15-8/h1-6,10H,7,13H2. The summed E-state index contributed by atoms with van der Waals surface area (Å²) in [5.74, 6) is 0. The van der Waals surface area contributed by atoms with Gasteiger partial charge in [-0.25, -0.2) is 0 Å². The van der Waals surface area contributed by atoms with Crippen molar-refractivity contribution in [1.29, 1.82) is 0 Å². The highest BCUT2D eigenvalue weighted by atomic mass is 35.5. The lowest BCUT2D eigenvalue weighted by Gasteiger charge is -2.10. The minimum absolute atomic E-state index is 0.127. The van der Waals surface area contributed by atoms with Crippen molar-refractivity contribution in [2.24, 2.45) is 5.73 Å². The topological polar surface area (TPSA) is 38.9 Å². The molecule has 2 heterocycles. The van der Waals surface area contributed by atoms with Crippen LogP contribution in [0.4, 0.5) is 0 Å². The summed E-state index contributed by atoms with van der Waals surface area (Å²) in [5, 5.41) is 2.68. The molecule has 0 saturated carbocycles. The third-order valence-corrected chi connectivity index (χ3v) is 3.36. The molecule has 1 unspecified atom stereocenters. The van der Waals surface area contributed by atoms with Crippen LogP contribution in [-0.4, -0.2) is 4.98 Å². The van der Waals surface area contributed by atoms with Crippen molar-refractivity contribution in [2.45, 2.75) is 12.5 Å². The number of hydrogen-bond acceptors (Lipinski definition) is 3.